The summed E-state index contributed by atoms with van der Waals surface area (Å²) in [5, 5.41) is 8.82. The van der Waals surface area contributed by atoms with Crippen LogP contribution in [0, 0.1) is 29.1 Å². The Morgan fingerprint density at radius 1 is 1.27 bits per heavy atom. The van der Waals surface area contributed by atoms with Gasteiger partial charge in [0.1, 0.15) is 0 Å². The molecule has 1 saturated heterocycles. The molecule has 0 aromatic heterocycles. The third kappa shape index (κ3) is 2.72. The Balaban J connectivity index is 1.83. The molecule has 84 valence electrons. The lowest BCUT2D eigenvalue weighted by Gasteiger charge is -2.41. The van der Waals surface area contributed by atoms with Gasteiger partial charge in [0.15, 0.2) is 0 Å². The van der Waals surface area contributed by atoms with Crippen LogP contribution in [-0.2, 0) is 0 Å². The van der Waals surface area contributed by atoms with Gasteiger partial charge in [0.2, 0.25) is 0 Å². The van der Waals surface area contributed by atoms with E-state index in [1.807, 2.05) is 6.92 Å². The van der Waals surface area contributed by atoms with E-state index in [0.717, 1.165) is 18.4 Å². The van der Waals surface area contributed by atoms with Crippen molar-refractivity contribution in [2.45, 2.75) is 39.0 Å². The maximum Gasteiger partial charge on any atom is 0.0666 e. The van der Waals surface area contributed by atoms with Crippen LogP contribution >= 0.6 is 0 Å². The van der Waals surface area contributed by atoms with Crippen LogP contribution in [0.3, 0.4) is 0 Å². The molecule has 3 unspecified atom stereocenters. The van der Waals surface area contributed by atoms with Crippen molar-refractivity contribution in [3.63, 3.8) is 0 Å². The summed E-state index contributed by atoms with van der Waals surface area (Å²) in [7, 11) is 0. The van der Waals surface area contributed by atoms with Crippen molar-refractivity contribution in [2.24, 2.45) is 17.8 Å². The van der Waals surface area contributed by atoms with Gasteiger partial charge in [-0.15, -0.1) is 0 Å². The van der Waals surface area contributed by atoms with E-state index >= 15 is 0 Å². The molecule has 2 fully saturated rings. The van der Waals surface area contributed by atoms with Crippen molar-refractivity contribution in [3.8, 4) is 6.07 Å². The monoisotopic (exact) mass is 206 g/mol. The topological polar surface area (TPSA) is 27.0 Å². The van der Waals surface area contributed by atoms with Crippen LogP contribution in [0.1, 0.15) is 39.0 Å². The predicted octanol–water partition coefficient (Wildman–Crippen LogP) is 2.66. The molecule has 2 aliphatic rings. The summed E-state index contributed by atoms with van der Waals surface area (Å²) in [5.74, 6) is 2.15. The first-order valence-corrected chi connectivity index (χ1v) is 6.41. The molecule has 2 rings (SSSR count). The van der Waals surface area contributed by atoms with Crippen LogP contribution in [0.5, 0.6) is 0 Å². The third-order valence-corrected chi connectivity index (χ3v) is 4.13. The molecule has 1 aliphatic heterocycles. The van der Waals surface area contributed by atoms with Crippen molar-refractivity contribution in [1.82, 2.24) is 4.90 Å². The van der Waals surface area contributed by atoms with E-state index in [9.17, 15) is 0 Å². The highest BCUT2D eigenvalue weighted by Crippen LogP contribution is 2.36. The van der Waals surface area contributed by atoms with Crippen molar-refractivity contribution in [2.75, 3.05) is 19.6 Å². The average Bonchev–Trinajstić information content (AvgIpc) is 2.29. The van der Waals surface area contributed by atoms with E-state index in [4.69, 9.17) is 5.26 Å². The molecule has 0 bridgehead atoms. The van der Waals surface area contributed by atoms with E-state index in [-0.39, 0.29) is 5.92 Å². The van der Waals surface area contributed by atoms with Gasteiger partial charge in [-0.2, -0.15) is 5.26 Å². The number of hydrogen-bond donors (Lipinski definition) is 0. The van der Waals surface area contributed by atoms with E-state index < -0.39 is 0 Å². The Hall–Kier alpha value is -0.550. The molecule has 1 aliphatic carbocycles. The van der Waals surface area contributed by atoms with E-state index in [1.54, 1.807) is 0 Å². The first kappa shape index (κ1) is 11.0. The minimum atomic E-state index is 0.199. The number of nitriles is 1. The summed E-state index contributed by atoms with van der Waals surface area (Å²) in [5.41, 5.74) is 0. The lowest BCUT2D eigenvalue weighted by molar-refractivity contribution is 0.0819. The lowest BCUT2D eigenvalue weighted by Crippen LogP contribution is -2.43. The van der Waals surface area contributed by atoms with Crippen molar-refractivity contribution in [1.29, 1.82) is 5.26 Å². The van der Waals surface area contributed by atoms with Crippen molar-refractivity contribution >= 4 is 0 Å². The van der Waals surface area contributed by atoms with Crippen LogP contribution in [0.2, 0.25) is 0 Å². The molecule has 3 atom stereocenters. The van der Waals surface area contributed by atoms with Crippen LogP contribution < -0.4 is 0 Å². The smallest absolute Gasteiger partial charge is 0.0666 e. The summed E-state index contributed by atoms with van der Waals surface area (Å²) in [4.78, 5) is 2.51. The van der Waals surface area contributed by atoms with Crippen molar-refractivity contribution in [3.05, 3.63) is 0 Å². The summed E-state index contributed by atoms with van der Waals surface area (Å²) in [6.45, 7) is 5.51. The SMILES string of the molecule is CC(C#N)CN1CCC2CCCCC2C1. The summed E-state index contributed by atoms with van der Waals surface area (Å²) in [6, 6.07) is 2.34. The first-order valence-electron chi connectivity index (χ1n) is 6.41. The zero-order valence-electron chi connectivity index (χ0n) is 9.78. The predicted molar refractivity (Wildman–Crippen MR) is 61.3 cm³/mol. The molecule has 0 N–H and O–H groups in total. The van der Waals surface area contributed by atoms with Gasteiger partial charge in [-0.1, -0.05) is 19.3 Å². The molecule has 0 aromatic rings. The minimum Gasteiger partial charge on any atom is -0.302 e. The molecular weight excluding hydrogens is 184 g/mol. The van der Waals surface area contributed by atoms with Gasteiger partial charge in [-0.25, -0.2) is 0 Å². The number of piperidine rings is 1. The Morgan fingerprint density at radius 3 is 2.73 bits per heavy atom. The molecule has 15 heavy (non-hydrogen) atoms. The molecule has 2 heteroatoms. The molecule has 0 radical (unpaired) electrons. The fourth-order valence-electron chi connectivity index (χ4n) is 3.27. The normalized spacial score (nSPS) is 34.1. The van der Waals surface area contributed by atoms with Gasteiger partial charge in [-0.3, -0.25) is 0 Å². The van der Waals surface area contributed by atoms with Gasteiger partial charge in [0.25, 0.3) is 0 Å². The Bertz CT molecular complexity index is 243. The largest absolute Gasteiger partial charge is 0.302 e. The maximum atomic E-state index is 8.82. The Labute approximate surface area is 93.3 Å². The second-order valence-corrected chi connectivity index (χ2v) is 5.38. The number of likely N-dealkylation sites (tertiary alicyclic amines) is 1. The van der Waals surface area contributed by atoms with Crippen LogP contribution in [0.25, 0.3) is 0 Å². The summed E-state index contributed by atoms with van der Waals surface area (Å²) in [6.07, 6.45) is 7.16. The number of nitrogens with zero attached hydrogens (tertiary/aromatic N) is 2. The van der Waals surface area contributed by atoms with E-state index in [2.05, 4.69) is 11.0 Å². The average molecular weight is 206 g/mol. The fourth-order valence-corrected chi connectivity index (χ4v) is 3.27. The second kappa shape index (κ2) is 4.99. The highest BCUT2D eigenvalue weighted by Gasteiger charge is 2.31. The van der Waals surface area contributed by atoms with Gasteiger partial charge < -0.3 is 4.90 Å². The molecule has 0 aromatic carbocycles. The van der Waals surface area contributed by atoms with Gasteiger partial charge >= 0.3 is 0 Å². The fraction of sp³-hybridized carbons (Fsp3) is 0.923. The molecule has 1 heterocycles. The molecular formula is C13H22N2. The van der Waals surface area contributed by atoms with Crippen molar-refractivity contribution < 1.29 is 0 Å². The quantitative estimate of drug-likeness (QED) is 0.694. The molecule has 1 saturated carbocycles. The lowest BCUT2D eigenvalue weighted by atomic mass is 9.75. The van der Waals surface area contributed by atoms with Gasteiger partial charge in [-0.05, 0) is 38.1 Å². The standard InChI is InChI=1S/C13H22N2/c1-11(8-14)9-15-7-6-12-4-2-3-5-13(12)10-15/h11-13H,2-7,9-10H2,1H3. The molecule has 2 nitrogen and oxygen atoms in total. The molecule has 0 spiro atoms. The highest BCUT2D eigenvalue weighted by atomic mass is 15.1. The van der Waals surface area contributed by atoms with Crippen LogP contribution in [0.4, 0.5) is 0 Å². The van der Waals surface area contributed by atoms with Gasteiger partial charge in [0, 0.05) is 13.1 Å². The zero-order chi connectivity index (χ0) is 10.7. The maximum absolute atomic E-state index is 8.82. The van der Waals surface area contributed by atoms with E-state index in [1.165, 1.54) is 45.2 Å². The van der Waals surface area contributed by atoms with Gasteiger partial charge in [0.05, 0.1) is 12.0 Å². The van der Waals surface area contributed by atoms with E-state index in [0.29, 0.717) is 0 Å². The van der Waals surface area contributed by atoms with Crippen LogP contribution in [-0.4, -0.2) is 24.5 Å². The number of fused-ring (bicyclic) bond motifs is 1. The third-order valence-electron chi connectivity index (χ3n) is 4.13. The minimum absolute atomic E-state index is 0.199. The number of rotatable bonds is 2. The summed E-state index contributed by atoms with van der Waals surface area (Å²) >= 11 is 0. The number of hydrogen-bond acceptors (Lipinski definition) is 2. The molecule has 0 amide bonds. The second-order valence-electron chi connectivity index (χ2n) is 5.38. The Morgan fingerprint density at radius 2 is 2.00 bits per heavy atom. The van der Waals surface area contributed by atoms with Crippen LogP contribution in [0.15, 0.2) is 0 Å². The highest BCUT2D eigenvalue weighted by molar-refractivity contribution is 4.87. The summed E-state index contributed by atoms with van der Waals surface area (Å²) < 4.78 is 0. The Kier molecular flexibility index (Phi) is 3.64. The zero-order valence-corrected chi connectivity index (χ0v) is 9.78. The first-order chi connectivity index (χ1) is 7.29.